The summed E-state index contributed by atoms with van der Waals surface area (Å²) in [6, 6.07) is 2.78. The molecule has 0 aliphatic rings. The molecular weight excluding hydrogens is 217 g/mol. The topological polar surface area (TPSA) is 69.4 Å². The Morgan fingerprint density at radius 2 is 2.19 bits per heavy atom. The van der Waals surface area contributed by atoms with Crippen LogP contribution in [-0.2, 0) is 9.53 Å². The number of benzene rings is 1. The van der Waals surface area contributed by atoms with E-state index in [1.54, 1.807) is 0 Å². The van der Waals surface area contributed by atoms with Crippen molar-refractivity contribution in [3.63, 3.8) is 0 Å². The van der Waals surface area contributed by atoms with Gasteiger partial charge in [0.05, 0.1) is 23.2 Å². The first kappa shape index (κ1) is 11.8. The van der Waals surface area contributed by atoms with E-state index in [2.05, 4.69) is 11.3 Å². The van der Waals surface area contributed by atoms with Crippen LogP contribution in [0.3, 0.4) is 0 Å². The number of rotatable bonds is 3. The fraction of sp³-hybridized carbons (Fsp3) is 0.100. The predicted octanol–water partition coefficient (Wildman–Crippen LogP) is 1.92. The molecule has 0 bridgehead atoms. The zero-order valence-electron chi connectivity index (χ0n) is 8.40. The van der Waals surface area contributed by atoms with Gasteiger partial charge in [0, 0.05) is 6.07 Å². The molecule has 0 saturated heterocycles. The monoisotopic (exact) mass is 225 g/mol. The molecule has 0 heterocycles. The number of halogens is 1. The molecule has 0 saturated carbocycles. The number of nitrogens with zero attached hydrogens (tertiary/aromatic N) is 1. The van der Waals surface area contributed by atoms with Gasteiger partial charge in [0.15, 0.2) is 0 Å². The second-order valence-corrected chi connectivity index (χ2v) is 2.89. The van der Waals surface area contributed by atoms with Gasteiger partial charge in [0.2, 0.25) is 0 Å². The molecule has 1 aromatic rings. The number of esters is 1. The van der Waals surface area contributed by atoms with E-state index in [1.165, 1.54) is 0 Å². The zero-order chi connectivity index (χ0) is 12.3. The van der Waals surface area contributed by atoms with Crippen LogP contribution in [0.2, 0.25) is 0 Å². The zero-order valence-corrected chi connectivity index (χ0v) is 8.40. The Morgan fingerprint density at radius 3 is 2.69 bits per heavy atom. The van der Waals surface area contributed by atoms with E-state index in [0.717, 1.165) is 25.3 Å². The highest BCUT2D eigenvalue weighted by Gasteiger charge is 2.21. The third kappa shape index (κ3) is 2.22. The summed E-state index contributed by atoms with van der Waals surface area (Å²) in [7, 11) is 1.11. The summed E-state index contributed by atoms with van der Waals surface area (Å²) < 4.78 is 17.3. The van der Waals surface area contributed by atoms with Crippen molar-refractivity contribution >= 4 is 17.2 Å². The van der Waals surface area contributed by atoms with E-state index in [4.69, 9.17) is 0 Å². The van der Waals surface area contributed by atoms with E-state index < -0.39 is 22.4 Å². The number of ether oxygens (including phenoxy) is 1. The first-order valence-electron chi connectivity index (χ1n) is 4.19. The van der Waals surface area contributed by atoms with Gasteiger partial charge in [-0.25, -0.2) is 9.18 Å². The molecule has 0 aromatic heterocycles. The number of carbonyl (C=O) groups excluding carboxylic acids is 1. The second kappa shape index (κ2) is 4.52. The van der Waals surface area contributed by atoms with Gasteiger partial charge >= 0.3 is 5.97 Å². The van der Waals surface area contributed by atoms with Crippen LogP contribution in [0.25, 0.3) is 5.57 Å². The average molecular weight is 225 g/mol. The van der Waals surface area contributed by atoms with Crippen LogP contribution in [0.4, 0.5) is 10.1 Å². The van der Waals surface area contributed by atoms with Gasteiger partial charge in [0.1, 0.15) is 5.82 Å². The van der Waals surface area contributed by atoms with Crippen LogP contribution in [0.1, 0.15) is 5.56 Å². The van der Waals surface area contributed by atoms with E-state index >= 15 is 0 Å². The SMILES string of the molecule is C=C(C(=O)OC)c1cc(F)ccc1[N+](=O)[O-]. The van der Waals surface area contributed by atoms with Crippen LogP contribution in [-0.4, -0.2) is 18.0 Å². The standard InChI is InChI=1S/C10H8FNO4/c1-6(10(13)16-2)8-5-7(11)3-4-9(8)12(14)15/h3-5H,1H2,2H3. The highest BCUT2D eigenvalue weighted by Crippen LogP contribution is 2.26. The van der Waals surface area contributed by atoms with E-state index in [9.17, 15) is 19.3 Å². The number of nitro benzene ring substituents is 1. The molecule has 0 spiro atoms. The molecule has 0 aliphatic carbocycles. The normalized spacial score (nSPS) is 9.62. The van der Waals surface area contributed by atoms with Gasteiger partial charge in [-0.3, -0.25) is 10.1 Å². The van der Waals surface area contributed by atoms with Gasteiger partial charge in [-0.2, -0.15) is 0 Å². The maximum atomic E-state index is 12.9. The smallest absolute Gasteiger partial charge is 0.338 e. The van der Waals surface area contributed by atoms with Gasteiger partial charge in [-0.15, -0.1) is 0 Å². The Bertz CT molecular complexity index is 470. The number of hydrogen-bond donors (Lipinski definition) is 0. The molecule has 16 heavy (non-hydrogen) atoms. The van der Waals surface area contributed by atoms with Crippen molar-refractivity contribution < 1.29 is 18.8 Å². The molecule has 0 N–H and O–H groups in total. The van der Waals surface area contributed by atoms with Gasteiger partial charge in [-0.1, -0.05) is 6.58 Å². The predicted molar refractivity (Wildman–Crippen MR) is 54.1 cm³/mol. The summed E-state index contributed by atoms with van der Waals surface area (Å²) in [4.78, 5) is 21.1. The van der Waals surface area contributed by atoms with Crippen molar-refractivity contribution in [1.82, 2.24) is 0 Å². The Balaban J connectivity index is 3.30. The van der Waals surface area contributed by atoms with Gasteiger partial charge in [0.25, 0.3) is 5.69 Å². The summed E-state index contributed by atoms with van der Waals surface area (Å²) in [5.74, 6) is -1.53. The lowest BCUT2D eigenvalue weighted by Gasteiger charge is -2.04. The van der Waals surface area contributed by atoms with Crippen molar-refractivity contribution in [1.29, 1.82) is 0 Å². The Labute approximate surface area is 90.3 Å². The molecular formula is C10H8FNO4. The Morgan fingerprint density at radius 1 is 1.56 bits per heavy atom. The molecule has 0 amide bonds. The quantitative estimate of drug-likeness (QED) is 0.341. The largest absolute Gasteiger partial charge is 0.465 e. The van der Waals surface area contributed by atoms with Crippen LogP contribution in [0.15, 0.2) is 24.8 Å². The minimum absolute atomic E-state index is 0.183. The second-order valence-electron chi connectivity index (χ2n) is 2.89. The van der Waals surface area contributed by atoms with Crippen LogP contribution in [0, 0.1) is 15.9 Å². The molecule has 0 fully saturated rings. The van der Waals surface area contributed by atoms with Crippen LogP contribution in [0.5, 0.6) is 0 Å². The molecule has 6 heteroatoms. The lowest BCUT2D eigenvalue weighted by Crippen LogP contribution is -2.05. The number of hydrogen-bond acceptors (Lipinski definition) is 4. The maximum absolute atomic E-state index is 12.9. The lowest BCUT2D eigenvalue weighted by molar-refractivity contribution is -0.385. The molecule has 1 aromatic carbocycles. The van der Waals surface area contributed by atoms with Crippen molar-refractivity contribution in [2.45, 2.75) is 0 Å². The summed E-state index contributed by atoms with van der Waals surface area (Å²) in [5, 5.41) is 10.6. The summed E-state index contributed by atoms with van der Waals surface area (Å²) >= 11 is 0. The number of nitro groups is 1. The van der Waals surface area contributed by atoms with E-state index in [-0.39, 0.29) is 11.1 Å². The maximum Gasteiger partial charge on any atom is 0.338 e. The average Bonchev–Trinajstić information content (AvgIpc) is 2.26. The fourth-order valence-electron chi connectivity index (χ4n) is 1.14. The molecule has 0 aliphatic heterocycles. The summed E-state index contributed by atoms with van der Waals surface area (Å²) in [5.41, 5.74) is -0.831. The van der Waals surface area contributed by atoms with Crippen molar-refractivity contribution in [3.8, 4) is 0 Å². The fourth-order valence-corrected chi connectivity index (χ4v) is 1.14. The minimum atomic E-state index is -0.839. The van der Waals surface area contributed by atoms with Crippen LogP contribution < -0.4 is 0 Å². The first-order chi connectivity index (χ1) is 7.47. The van der Waals surface area contributed by atoms with Crippen LogP contribution >= 0.6 is 0 Å². The third-order valence-corrected chi connectivity index (χ3v) is 1.91. The molecule has 0 unspecified atom stereocenters. The summed E-state index contributed by atoms with van der Waals surface area (Å²) in [6.45, 7) is 3.33. The molecule has 0 radical (unpaired) electrons. The third-order valence-electron chi connectivity index (χ3n) is 1.91. The van der Waals surface area contributed by atoms with Crippen molar-refractivity contribution in [3.05, 3.63) is 46.3 Å². The van der Waals surface area contributed by atoms with Gasteiger partial charge in [-0.05, 0) is 12.1 Å². The van der Waals surface area contributed by atoms with E-state index in [1.807, 2.05) is 0 Å². The van der Waals surface area contributed by atoms with Crippen molar-refractivity contribution in [2.75, 3.05) is 7.11 Å². The van der Waals surface area contributed by atoms with E-state index in [0.29, 0.717) is 0 Å². The lowest BCUT2D eigenvalue weighted by atomic mass is 10.1. The molecule has 1 rings (SSSR count). The summed E-state index contributed by atoms with van der Waals surface area (Å²) in [6.07, 6.45) is 0. The highest BCUT2D eigenvalue weighted by atomic mass is 19.1. The number of carbonyl (C=O) groups is 1. The van der Waals surface area contributed by atoms with Crippen molar-refractivity contribution in [2.24, 2.45) is 0 Å². The minimum Gasteiger partial charge on any atom is -0.465 e. The number of methoxy groups -OCH3 is 1. The van der Waals surface area contributed by atoms with Gasteiger partial charge < -0.3 is 4.74 Å². The Kier molecular flexibility index (Phi) is 3.34. The molecule has 84 valence electrons. The molecule has 0 atom stereocenters. The molecule has 5 nitrogen and oxygen atoms in total. The highest BCUT2D eigenvalue weighted by molar-refractivity contribution is 6.16. The first-order valence-corrected chi connectivity index (χ1v) is 4.19. The Hall–Kier alpha value is -2.24.